The summed E-state index contributed by atoms with van der Waals surface area (Å²) in [6.45, 7) is 6.35. The highest BCUT2D eigenvalue weighted by Gasteiger charge is 2.09. The molecule has 2 unspecified atom stereocenters. The molecule has 3 heteroatoms. The van der Waals surface area contributed by atoms with Crippen molar-refractivity contribution in [2.45, 2.75) is 65.0 Å². The van der Waals surface area contributed by atoms with Crippen LogP contribution in [0.4, 0.5) is 0 Å². The molecule has 2 N–H and O–H groups in total. The normalized spacial score (nSPS) is 14.2. The van der Waals surface area contributed by atoms with E-state index in [0.717, 1.165) is 22.2 Å². The molecule has 0 saturated carbocycles. The quantitative estimate of drug-likeness (QED) is 0.665. The molecule has 0 amide bonds. The first kappa shape index (κ1) is 16.5. The summed E-state index contributed by atoms with van der Waals surface area (Å²) in [5, 5.41) is 0. The third-order valence-electron chi connectivity index (χ3n) is 3.27. The molecule has 0 aliphatic rings. The number of hydrogen-bond acceptors (Lipinski definition) is 2. The number of benzene rings is 1. The van der Waals surface area contributed by atoms with Gasteiger partial charge in [-0.2, -0.15) is 0 Å². The molecular weight excluding hydrogens is 302 g/mol. The minimum absolute atomic E-state index is 0.0526. The van der Waals surface area contributed by atoms with Crippen molar-refractivity contribution in [1.82, 2.24) is 0 Å². The van der Waals surface area contributed by atoms with Crippen LogP contribution in [-0.2, 0) is 0 Å². The SMILES string of the molecule is CCCCCCC(C)Oc1ccc(C(C)N)cc1Br. The van der Waals surface area contributed by atoms with Crippen molar-refractivity contribution in [2.24, 2.45) is 5.73 Å². The molecular formula is C16H26BrNO. The summed E-state index contributed by atoms with van der Waals surface area (Å²) in [6, 6.07) is 6.14. The lowest BCUT2D eigenvalue weighted by Crippen LogP contribution is -2.12. The van der Waals surface area contributed by atoms with Gasteiger partial charge in [-0.15, -0.1) is 0 Å². The maximum atomic E-state index is 5.97. The van der Waals surface area contributed by atoms with E-state index in [1.165, 1.54) is 25.7 Å². The molecule has 0 aliphatic heterocycles. The van der Waals surface area contributed by atoms with Crippen molar-refractivity contribution < 1.29 is 4.74 Å². The van der Waals surface area contributed by atoms with Gasteiger partial charge in [-0.05, 0) is 60.3 Å². The predicted octanol–water partition coefficient (Wildman–Crippen LogP) is 5.21. The maximum absolute atomic E-state index is 5.97. The summed E-state index contributed by atoms with van der Waals surface area (Å²) >= 11 is 3.56. The molecule has 108 valence electrons. The summed E-state index contributed by atoms with van der Waals surface area (Å²) in [6.07, 6.45) is 6.51. The first-order chi connectivity index (χ1) is 9.04. The Morgan fingerprint density at radius 2 is 1.95 bits per heavy atom. The Labute approximate surface area is 125 Å². The van der Waals surface area contributed by atoms with E-state index in [2.05, 4.69) is 29.8 Å². The van der Waals surface area contributed by atoms with Gasteiger partial charge in [-0.1, -0.05) is 32.3 Å². The van der Waals surface area contributed by atoms with Gasteiger partial charge in [0.1, 0.15) is 5.75 Å². The minimum atomic E-state index is 0.0526. The van der Waals surface area contributed by atoms with Crippen LogP contribution < -0.4 is 10.5 Å². The first-order valence-electron chi connectivity index (χ1n) is 7.26. The number of ether oxygens (including phenoxy) is 1. The van der Waals surface area contributed by atoms with Crippen LogP contribution in [0.5, 0.6) is 5.75 Å². The average Bonchev–Trinajstić information content (AvgIpc) is 2.37. The number of hydrogen-bond donors (Lipinski definition) is 1. The van der Waals surface area contributed by atoms with Crippen molar-refractivity contribution in [1.29, 1.82) is 0 Å². The monoisotopic (exact) mass is 327 g/mol. The molecule has 1 rings (SSSR count). The van der Waals surface area contributed by atoms with Gasteiger partial charge in [0.15, 0.2) is 0 Å². The topological polar surface area (TPSA) is 35.2 Å². The Balaban J connectivity index is 2.48. The minimum Gasteiger partial charge on any atom is -0.490 e. The number of rotatable bonds is 8. The van der Waals surface area contributed by atoms with Crippen molar-refractivity contribution in [2.75, 3.05) is 0 Å². The van der Waals surface area contributed by atoms with Crippen LogP contribution in [0.3, 0.4) is 0 Å². The van der Waals surface area contributed by atoms with E-state index in [-0.39, 0.29) is 12.1 Å². The standard InChI is InChI=1S/C16H26BrNO/c1-4-5-6-7-8-12(2)19-16-10-9-14(13(3)18)11-15(16)17/h9-13H,4-8,18H2,1-3H3. The molecule has 0 aromatic heterocycles. The Morgan fingerprint density at radius 3 is 2.53 bits per heavy atom. The average molecular weight is 328 g/mol. The van der Waals surface area contributed by atoms with Crippen molar-refractivity contribution in [3.8, 4) is 5.75 Å². The molecule has 1 aromatic rings. The van der Waals surface area contributed by atoms with Crippen LogP contribution in [0.15, 0.2) is 22.7 Å². The van der Waals surface area contributed by atoms with E-state index in [1.54, 1.807) is 0 Å². The fraction of sp³-hybridized carbons (Fsp3) is 0.625. The lowest BCUT2D eigenvalue weighted by atomic mass is 10.1. The molecule has 0 fully saturated rings. The van der Waals surface area contributed by atoms with E-state index in [4.69, 9.17) is 10.5 Å². The smallest absolute Gasteiger partial charge is 0.133 e. The second-order valence-electron chi connectivity index (χ2n) is 5.26. The Kier molecular flexibility index (Phi) is 7.47. The van der Waals surface area contributed by atoms with Gasteiger partial charge in [0, 0.05) is 6.04 Å². The van der Waals surface area contributed by atoms with Crippen molar-refractivity contribution in [3.05, 3.63) is 28.2 Å². The Hall–Kier alpha value is -0.540. The Morgan fingerprint density at radius 1 is 1.21 bits per heavy atom. The molecule has 0 bridgehead atoms. The van der Waals surface area contributed by atoms with Gasteiger partial charge in [0.05, 0.1) is 10.6 Å². The molecule has 0 saturated heterocycles. The molecule has 2 atom stereocenters. The largest absolute Gasteiger partial charge is 0.490 e. The second kappa shape index (κ2) is 8.60. The molecule has 19 heavy (non-hydrogen) atoms. The summed E-state index contributed by atoms with van der Waals surface area (Å²) in [4.78, 5) is 0. The summed E-state index contributed by atoms with van der Waals surface area (Å²) in [5.41, 5.74) is 6.99. The lowest BCUT2D eigenvalue weighted by Gasteiger charge is -2.17. The molecule has 2 nitrogen and oxygen atoms in total. The van der Waals surface area contributed by atoms with E-state index >= 15 is 0 Å². The fourth-order valence-electron chi connectivity index (χ4n) is 2.03. The van der Waals surface area contributed by atoms with Crippen molar-refractivity contribution in [3.63, 3.8) is 0 Å². The number of nitrogens with two attached hydrogens (primary N) is 1. The van der Waals surface area contributed by atoms with E-state index in [1.807, 2.05) is 25.1 Å². The zero-order valence-electron chi connectivity index (χ0n) is 12.3. The van der Waals surface area contributed by atoms with E-state index in [9.17, 15) is 0 Å². The van der Waals surface area contributed by atoms with E-state index in [0.29, 0.717) is 0 Å². The zero-order valence-corrected chi connectivity index (χ0v) is 13.9. The van der Waals surface area contributed by atoms with Crippen LogP contribution in [0.2, 0.25) is 0 Å². The molecule has 0 aliphatic carbocycles. The van der Waals surface area contributed by atoms with Crippen LogP contribution in [0.1, 0.15) is 64.5 Å². The summed E-state index contributed by atoms with van der Waals surface area (Å²) in [7, 11) is 0. The third kappa shape index (κ3) is 5.96. The second-order valence-corrected chi connectivity index (χ2v) is 6.11. The van der Waals surface area contributed by atoms with Crippen LogP contribution in [0.25, 0.3) is 0 Å². The first-order valence-corrected chi connectivity index (χ1v) is 8.05. The van der Waals surface area contributed by atoms with Gasteiger partial charge < -0.3 is 10.5 Å². The van der Waals surface area contributed by atoms with Crippen LogP contribution in [0, 0.1) is 0 Å². The van der Waals surface area contributed by atoms with Crippen LogP contribution >= 0.6 is 15.9 Å². The van der Waals surface area contributed by atoms with Gasteiger partial charge in [0.25, 0.3) is 0 Å². The van der Waals surface area contributed by atoms with Gasteiger partial charge in [0.2, 0.25) is 0 Å². The van der Waals surface area contributed by atoms with Crippen LogP contribution in [-0.4, -0.2) is 6.10 Å². The number of unbranched alkanes of at least 4 members (excludes halogenated alkanes) is 3. The third-order valence-corrected chi connectivity index (χ3v) is 3.89. The van der Waals surface area contributed by atoms with Gasteiger partial charge in [-0.3, -0.25) is 0 Å². The van der Waals surface area contributed by atoms with Crippen molar-refractivity contribution >= 4 is 15.9 Å². The zero-order chi connectivity index (χ0) is 14.3. The lowest BCUT2D eigenvalue weighted by molar-refractivity contribution is 0.205. The highest BCUT2D eigenvalue weighted by atomic mass is 79.9. The summed E-state index contributed by atoms with van der Waals surface area (Å²) in [5.74, 6) is 0.910. The molecule has 0 radical (unpaired) electrons. The van der Waals surface area contributed by atoms with E-state index < -0.39 is 0 Å². The van der Waals surface area contributed by atoms with Gasteiger partial charge in [-0.25, -0.2) is 0 Å². The maximum Gasteiger partial charge on any atom is 0.133 e. The highest BCUT2D eigenvalue weighted by Crippen LogP contribution is 2.29. The number of halogens is 1. The summed E-state index contributed by atoms with van der Waals surface area (Å²) < 4.78 is 6.96. The predicted molar refractivity (Wildman–Crippen MR) is 85.6 cm³/mol. The highest BCUT2D eigenvalue weighted by molar-refractivity contribution is 9.10. The fourth-order valence-corrected chi connectivity index (χ4v) is 2.52. The van der Waals surface area contributed by atoms with Gasteiger partial charge >= 0.3 is 0 Å². The molecule has 0 spiro atoms. The Bertz CT molecular complexity index is 379. The molecule has 1 aromatic carbocycles. The molecule has 0 heterocycles.